The van der Waals surface area contributed by atoms with Crippen LogP contribution in [-0.2, 0) is 4.74 Å². The van der Waals surface area contributed by atoms with E-state index >= 15 is 0 Å². The molecule has 0 spiro atoms. The third kappa shape index (κ3) is 3.59. The van der Waals surface area contributed by atoms with Crippen LogP contribution in [0.15, 0.2) is 27.5 Å². The highest BCUT2D eigenvalue weighted by atomic mass is 16.6. The van der Waals surface area contributed by atoms with Crippen LogP contribution in [0.25, 0.3) is 0 Å². The lowest BCUT2D eigenvalue weighted by atomic mass is 10.2. The van der Waals surface area contributed by atoms with Gasteiger partial charge in [0.25, 0.3) is 0 Å². The smallest absolute Gasteiger partial charge is 0.436 e. The number of carbonyl (C=O) groups is 1. The molecule has 0 aromatic carbocycles. The first-order valence-electron chi connectivity index (χ1n) is 3.86. The summed E-state index contributed by atoms with van der Waals surface area (Å²) in [5.41, 5.74) is -0.527. The molecular weight excluding hydrogens is 170 g/mol. The average Bonchev–Trinajstić information content (AvgIpc) is 2.34. The van der Waals surface area contributed by atoms with Gasteiger partial charge in [0.2, 0.25) is 0 Å². The van der Waals surface area contributed by atoms with E-state index in [0.717, 1.165) is 0 Å². The molecule has 0 unspecified atom stereocenters. The zero-order valence-corrected chi connectivity index (χ0v) is 7.81. The molecule has 0 saturated carbocycles. The number of amides is 1. The molecule has 1 heterocycles. The van der Waals surface area contributed by atoms with Gasteiger partial charge in [-0.15, -0.1) is 5.11 Å². The third-order valence-corrected chi connectivity index (χ3v) is 1.05. The second-order valence-corrected chi connectivity index (χ2v) is 3.48. The van der Waals surface area contributed by atoms with Crippen molar-refractivity contribution < 1.29 is 9.53 Å². The first-order valence-corrected chi connectivity index (χ1v) is 3.86. The molecule has 0 saturated heterocycles. The summed E-state index contributed by atoms with van der Waals surface area (Å²) in [4.78, 5) is 14.6. The fourth-order valence-corrected chi connectivity index (χ4v) is 0.664. The normalized spacial score (nSPS) is 18.2. The molecule has 0 aliphatic carbocycles. The Labute approximate surface area is 76.2 Å². The van der Waals surface area contributed by atoms with E-state index in [-0.39, 0.29) is 5.84 Å². The van der Waals surface area contributed by atoms with Crippen LogP contribution in [0.4, 0.5) is 4.79 Å². The van der Waals surface area contributed by atoms with Gasteiger partial charge in [0.05, 0.1) is 6.20 Å². The molecule has 0 atom stereocenters. The number of nitrogens with zero attached hydrogens (tertiary/aromatic N) is 3. The van der Waals surface area contributed by atoms with Crippen molar-refractivity contribution in [1.82, 2.24) is 0 Å². The predicted molar refractivity (Wildman–Crippen MR) is 47.7 cm³/mol. The Hall–Kier alpha value is -1.52. The minimum Gasteiger partial charge on any atom is -0.442 e. The predicted octanol–water partition coefficient (Wildman–Crippen LogP) is 2.30. The van der Waals surface area contributed by atoms with Gasteiger partial charge >= 0.3 is 6.09 Å². The van der Waals surface area contributed by atoms with Gasteiger partial charge in [0.15, 0.2) is 5.84 Å². The van der Waals surface area contributed by atoms with Crippen molar-refractivity contribution >= 4 is 11.9 Å². The first kappa shape index (κ1) is 9.57. The SMILES string of the molecule is CC(C)(C)OC(=O)N=C1C=CN=N1. The molecule has 5 nitrogen and oxygen atoms in total. The molecule has 0 fully saturated rings. The molecule has 1 aliphatic rings. The Morgan fingerprint density at radius 2 is 2.23 bits per heavy atom. The third-order valence-electron chi connectivity index (χ3n) is 1.05. The van der Waals surface area contributed by atoms with Crippen LogP contribution in [0.1, 0.15) is 20.8 Å². The van der Waals surface area contributed by atoms with Gasteiger partial charge < -0.3 is 4.74 Å². The van der Waals surface area contributed by atoms with Crippen molar-refractivity contribution in [3.63, 3.8) is 0 Å². The van der Waals surface area contributed by atoms with E-state index < -0.39 is 11.7 Å². The van der Waals surface area contributed by atoms with Gasteiger partial charge in [0.1, 0.15) is 5.60 Å². The van der Waals surface area contributed by atoms with Gasteiger partial charge in [0, 0.05) is 6.08 Å². The van der Waals surface area contributed by atoms with E-state index in [1.165, 1.54) is 12.3 Å². The number of aliphatic imine (C=N–C) groups is 1. The highest BCUT2D eigenvalue weighted by Gasteiger charge is 2.16. The summed E-state index contributed by atoms with van der Waals surface area (Å²) < 4.78 is 4.94. The second-order valence-electron chi connectivity index (χ2n) is 3.48. The van der Waals surface area contributed by atoms with Crippen LogP contribution in [0.3, 0.4) is 0 Å². The summed E-state index contributed by atoms with van der Waals surface area (Å²) in [6.07, 6.45) is 2.35. The molecule has 1 aliphatic heterocycles. The van der Waals surface area contributed by atoms with E-state index in [4.69, 9.17) is 4.74 Å². The number of hydrogen-bond donors (Lipinski definition) is 0. The van der Waals surface area contributed by atoms with Crippen molar-refractivity contribution in [3.8, 4) is 0 Å². The Morgan fingerprint density at radius 1 is 1.54 bits per heavy atom. The fourth-order valence-electron chi connectivity index (χ4n) is 0.664. The maximum atomic E-state index is 11.1. The lowest BCUT2D eigenvalue weighted by Gasteiger charge is -2.16. The van der Waals surface area contributed by atoms with Gasteiger partial charge in [-0.1, -0.05) is 0 Å². The van der Waals surface area contributed by atoms with Crippen molar-refractivity contribution in [3.05, 3.63) is 12.3 Å². The summed E-state index contributed by atoms with van der Waals surface area (Å²) in [5.74, 6) is 0.272. The molecular formula is C8H11N3O2. The highest BCUT2D eigenvalue weighted by Crippen LogP contribution is 2.08. The Balaban J connectivity index is 2.55. The quantitative estimate of drug-likeness (QED) is 0.575. The minimum absolute atomic E-state index is 0.272. The monoisotopic (exact) mass is 181 g/mol. The molecule has 13 heavy (non-hydrogen) atoms. The molecule has 0 aromatic rings. The maximum absolute atomic E-state index is 11.1. The summed E-state index contributed by atoms with van der Waals surface area (Å²) in [5, 5.41) is 7.09. The summed E-state index contributed by atoms with van der Waals surface area (Å²) in [6, 6.07) is 0. The molecule has 0 bridgehead atoms. The lowest BCUT2D eigenvalue weighted by molar-refractivity contribution is 0.0604. The van der Waals surface area contributed by atoms with E-state index in [1.807, 2.05) is 0 Å². The van der Waals surface area contributed by atoms with Crippen molar-refractivity contribution in [1.29, 1.82) is 0 Å². The first-order chi connectivity index (χ1) is 5.97. The zero-order chi connectivity index (χ0) is 9.90. The van der Waals surface area contributed by atoms with Crippen LogP contribution in [0, 0.1) is 0 Å². The Kier molecular flexibility index (Phi) is 2.55. The molecule has 0 aromatic heterocycles. The van der Waals surface area contributed by atoms with Crippen molar-refractivity contribution in [2.24, 2.45) is 15.2 Å². The number of ether oxygens (including phenoxy) is 1. The highest BCUT2D eigenvalue weighted by molar-refractivity contribution is 6.00. The topological polar surface area (TPSA) is 63.4 Å². The van der Waals surface area contributed by atoms with Crippen LogP contribution >= 0.6 is 0 Å². The van der Waals surface area contributed by atoms with Gasteiger partial charge in [-0.05, 0) is 20.8 Å². The summed E-state index contributed by atoms with van der Waals surface area (Å²) in [7, 11) is 0. The van der Waals surface area contributed by atoms with E-state index in [2.05, 4.69) is 15.2 Å². The molecule has 5 heteroatoms. The zero-order valence-electron chi connectivity index (χ0n) is 7.81. The average molecular weight is 181 g/mol. The largest absolute Gasteiger partial charge is 0.442 e. The number of carbonyl (C=O) groups excluding carboxylic acids is 1. The van der Waals surface area contributed by atoms with E-state index in [1.54, 1.807) is 20.8 Å². The Bertz CT molecular complexity index is 283. The number of amidine groups is 1. The molecule has 1 amide bonds. The Morgan fingerprint density at radius 3 is 2.69 bits per heavy atom. The molecule has 1 rings (SSSR count). The van der Waals surface area contributed by atoms with Crippen LogP contribution in [0.5, 0.6) is 0 Å². The lowest BCUT2D eigenvalue weighted by Crippen LogP contribution is -2.22. The van der Waals surface area contributed by atoms with Crippen LogP contribution < -0.4 is 0 Å². The van der Waals surface area contributed by atoms with E-state index in [9.17, 15) is 4.79 Å². The van der Waals surface area contributed by atoms with Crippen molar-refractivity contribution in [2.45, 2.75) is 26.4 Å². The fraction of sp³-hybridized carbons (Fsp3) is 0.500. The summed E-state index contributed by atoms with van der Waals surface area (Å²) in [6.45, 7) is 5.32. The second kappa shape index (κ2) is 3.47. The van der Waals surface area contributed by atoms with E-state index in [0.29, 0.717) is 0 Å². The van der Waals surface area contributed by atoms with Crippen molar-refractivity contribution in [2.75, 3.05) is 0 Å². The molecule has 0 N–H and O–H groups in total. The number of rotatable bonds is 0. The van der Waals surface area contributed by atoms with Crippen LogP contribution in [-0.4, -0.2) is 17.5 Å². The standard InChI is InChI=1S/C8H11N3O2/c1-8(2,3)13-7(12)10-6-4-5-9-11-6/h4-5H,1-3H3. The number of hydrogen-bond acceptors (Lipinski definition) is 3. The molecule has 0 radical (unpaired) electrons. The van der Waals surface area contributed by atoms with Gasteiger partial charge in [-0.25, -0.2) is 4.79 Å². The molecule has 70 valence electrons. The maximum Gasteiger partial charge on any atom is 0.436 e. The number of azo groups is 1. The summed E-state index contributed by atoms with van der Waals surface area (Å²) >= 11 is 0. The van der Waals surface area contributed by atoms with Gasteiger partial charge in [-0.2, -0.15) is 10.1 Å². The van der Waals surface area contributed by atoms with Crippen LogP contribution in [0.2, 0.25) is 0 Å². The van der Waals surface area contributed by atoms with Gasteiger partial charge in [-0.3, -0.25) is 0 Å². The minimum atomic E-state index is -0.645.